The summed E-state index contributed by atoms with van der Waals surface area (Å²) in [6.45, 7) is 1.78. The van der Waals surface area contributed by atoms with Crippen LogP contribution in [0.1, 0.15) is 19.0 Å². The van der Waals surface area contributed by atoms with Crippen LogP contribution in [0.15, 0.2) is 18.2 Å². The first kappa shape index (κ1) is 12.5. The van der Waals surface area contributed by atoms with Gasteiger partial charge in [0.15, 0.2) is 11.5 Å². The lowest BCUT2D eigenvalue weighted by molar-refractivity contribution is -0.190. The second kappa shape index (κ2) is 3.97. The van der Waals surface area contributed by atoms with E-state index in [9.17, 15) is 5.11 Å². The van der Waals surface area contributed by atoms with E-state index in [0.29, 0.717) is 6.42 Å². The van der Waals surface area contributed by atoms with Crippen molar-refractivity contribution in [1.29, 1.82) is 0 Å². The van der Waals surface area contributed by atoms with Gasteiger partial charge >= 0.3 is 0 Å². The zero-order valence-electron chi connectivity index (χ0n) is 10.7. The molecule has 0 aromatic carbocycles. The van der Waals surface area contributed by atoms with Gasteiger partial charge in [-0.1, -0.05) is 6.92 Å². The predicted octanol–water partition coefficient (Wildman–Crippen LogP) is -0.110. The van der Waals surface area contributed by atoms with Gasteiger partial charge in [0, 0.05) is 12.3 Å². The Balaban J connectivity index is 2.20. The predicted molar refractivity (Wildman–Crippen MR) is 69.1 cm³/mol. The molecule has 2 aromatic rings. The Morgan fingerprint density at radius 2 is 2.30 bits per heavy atom. The Bertz CT molecular complexity index is 711. The van der Waals surface area contributed by atoms with Crippen LogP contribution in [-0.2, 0) is 10.5 Å². The summed E-state index contributed by atoms with van der Waals surface area (Å²) in [5, 5.41) is 23.7. The largest absolute Gasteiger partial charge is 0.512 e. The minimum absolute atomic E-state index is 0.0403. The van der Waals surface area contributed by atoms with E-state index < -0.39 is 5.79 Å². The molecule has 3 heterocycles. The third-order valence-electron chi connectivity index (χ3n) is 3.38. The minimum Gasteiger partial charge on any atom is -0.512 e. The number of aromatic nitrogens is 4. The Morgan fingerprint density at radius 3 is 2.95 bits per heavy atom. The molecule has 9 nitrogen and oxygen atoms in total. The van der Waals surface area contributed by atoms with Crippen molar-refractivity contribution in [2.24, 2.45) is 5.92 Å². The molecule has 0 radical (unpaired) electrons. The minimum atomic E-state index is -1.67. The number of ether oxygens (including phenoxy) is 1. The van der Waals surface area contributed by atoms with Crippen molar-refractivity contribution in [2.75, 3.05) is 11.5 Å². The molecular weight excluding hydrogens is 264 g/mol. The summed E-state index contributed by atoms with van der Waals surface area (Å²) in [5.74, 6) is -1.62. The van der Waals surface area contributed by atoms with E-state index in [0.717, 1.165) is 6.26 Å². The molecule has 2 atom stereocenters. The fraction of sp³-hybridized carbons (Fsp3) is 0.364. The number of rotatable bonds is 1. The highest BCUT2D eigenvalue weighted by Gasteiger charge is 2.47. The molecule has 0 saturated carbocycles. The molecule has 6 N–H and O–H groups in total. The van der Waals surface area contributed by atoms with Gasteiger partial charge in [-0.15, -0.1) is 5.10 Å². The lowest BCUT2D eigenvalue weighted by Gasteiger charge is -2.25. The van der Waals surface area contributed by atoms with Crippen LogP contribution in [0.2, 0.25) is 0 Å². The number of aliphatic hydroxyl groups is 2. The van der Waals surface area contributed by atoms with Gasteiger partial charge in [0.05, 0.1) is 6.20 Å². The summed E-state index contributed by atoms with van der Waals surface area (Å²) in [7, 11) is 0. The molecular formula is C11H14N6O3. The monoisotopic (exact) mass is 278 g/mol. The van der Waals surface area contributed by atoms with Gasteiger partial charge in [-0.2, -0.15) is 4.98 Å². The number of aliphatic hydroxyl groups excluding tert-OH is 1. The van der Waals surface area contributed by atoms with Gasteiger partial charge in [0.2, 0.25) is 5.95 Å². The van der Waals surface area contributed by atoms with E-state index in [4.69, 9.17) is 21.3 Å². The molecule has 1 aliphatic heterocycles. The topological polar surface area (TPSA) is 145 Å². The average molecular weight is 278 g/mol. The van der Waals surface area contributed by atoms with Crippen molar-refractivity contribution in [3.05, 3.63) is 23.9 Å². The number of hydrogen-bond acceptors (Lipinski definition) is 8. The highest BCUT2D eigenvalue weighted by Crippen LogP contribution is 2.43. The molecule has 2 aromatic heterocycles. The molecule has 0 amide bonds. The summed E-state index contributed by atoms with van der Waals surface area (Å²) in [6, 6.07) is 0. The average Bonchev–Trinajstić information content (AvgIpc) is 2.92. The van der Waals surface area contributed by atoms with Gasteiger partial charge in [0.25, 0.3) is 5.79 Å². The van der Waals surface area contributed by atoms with Gasteiger partial charge in [-0.05, 0) is 0 Å². The summed E-state index contributed by atoms with van der Waals surface area (Å²) in [5.41, 5.74) is 11.8. The number of nitrogens with zero attached hydrogens (tertiary/aromatic N) is 4. The van der Waals surface area contributed by atoms with Crippen molar-refractivity contribution in [3.63, 3.8) is 0 Å². The number of anilines is 2. The third kappa shape index (κ3) is 1.56. The number of fused-ring (bicyclic) bond motifs is 1. The highest BCUT2D eigenvalue weighted by molar-refractivity contribution is 5.61. The summed E-state index contributed by atoms with van der Waals surface area (Å²) in [4.78, 5) is 7.87. The fourth-order valence-corrected chi connectivity index (χ4v) is 2.33. The molecule has 3 rings (SSSR count). The second-order valence-corrected chi connectivity index (χ2v) is 4.73. The van der Waals surface area contributed by atoms with Gasteiger partial charge in [-0.3, -0.25) is 0 Å². The fourth-order valence-electron chi connectivity index (χ4n) is 2.33. The molecule has 9 heteroatoms. The van der Waals surface area contributed by atoms with Crippen molar-refractivity contribution in [2.45, 2.75) is 19.1 Å². The molecule has 1 fully saturated rings. The van der Waals surface area contributed by atoms with E-state index in [1.165, 1.54) is 10.7 Å². The van der Waals surface area contributed by atoms with Gasteiger partial charge in [-0.25, -0.2) is 9.50 Å². The molecule has 106 valence electrons. The molecule has 2 unspecified atom stereocenters. The Morgan fingerprint density at radius 1 is 1.55 bits per heavy atom. The van der Waals surface area contributed by atoms with Crippen LogP contribution in [0.25, 0.3) is 5.65 Å². The van der Waals surface area contributed by atoms with Crippen LogP contribution in [0, 0.1) is 5.92 Å². The number of hydrogen-bond donors (Lipinski definition) is 4. The summed E-state index contributed by atoms with van der Waals surface area (Å²) >= 11 is 0. The Labute approximate surface area is 113 Å². The number of nitrogen functional groups attached to an aromatic ring is 2. The van der Waals surface area contributed by atoms with Crippen molar-refractivity contribution >= 4 is 17.4 Å². The molecule has 1 saturated heterocycles. The maximum atomic E-state index is 10.7. The summed E-state index contributed by atoms with van der Waals surface area (Å²) in [6.07, 6.45) is 2.61. The zero-order valence-corrected chi connectivity index (χ0v) is 10.7. The maximum Gasteiger partial charge on any atom is 0.256 e. The third-order valence-corrected chi connectivity index (χ3v) is 3.38. The second-order valence-electron chi connectivity index (χ2n) is 4.73. The van der Waals surface area contributed by atoms with Crippen molar-refractivity contribution in [1.82, 2.24) is 19.6 Å². The normalized spacial score (nSPS) is 28.1. The van der Waals surface area contributed by atoms with E-state index in [1.807, 2.05) is 0 Å². The molecule has 0 spiro atoms. The van der Waals surface area contributed by atoms with E-state index in [-0.39, 0.29) is 34.8 Å². The molecule has 1 aliphatic rings. The first-order valence-corrected chi connectivity index (χ1v) is 5.97. The first-order valence-electron chi connectivity index (χ1n) is 5.97. The zero-order chi connectivity index (χ0) is 14.5. The van der Waals surface area contributed by atoms with Crippen LogP contribution in [-0.4, -0.2) is 29.8 Å². The quantitative estimate of drug-likeness (QED) is 0.529. The highest BCUT2D eigenvalue weighted by atomic mass is 16.6. The SMILES string of the molecule is CC1CC(=CO)OC1(O)c1cnc2c(N)nc(N)nn12. The maximum absolute atomic E-state index is 10.7. The number of nitrogens with two attached hydrogens (primary N) is 2. The smallest absolute Gasteiger partial charge is 0.256 e. The summed E-state index contributed by atoms with van der Waals surface area (Å²) < 4.78 is 6.71. The van der Waals surface area contributed by atoms with E-state index in [2.05, 4.69) is 15.1 Å². The van der Waals surface area contributed by atoms with Crippen molar-refractivity contribution in [3.8, 4) is 0 Å². The van der Waals surface area contributed by atoms with Crippen molar-refractivity contribution < 1.29 is 14.9 Å². The molecule has 20 heavy (non-hydrogen) atoms. The first-order chi connectivity index (χ1) is 9.45. The van der Waals surface area contributed by atoms with Gasteiger partial charge < -0.3 is 26.4 Å². The Kier molecular flexibility index (Phi) is 2.48. The van der Waals surface area contributed by atoms with E-state index >= 15 is 0 Å². The lowest BCUT2D eigenvalue weighted by atomic mass is 9.97. The van der Waals surface area contributed by atoms with Gasteiger partial charge in [0.1, 0.15) is 17.7 Å². The van der Waals surface area contributed by atoms with E-state index in [1.54, 1.807) is 6.92 Å². The number of allylic oxidation sites excluding steroid dienone is 1. The Hall–Kier alpha value is -2.55. The number of imidazole rings is 1. The standard InChI is InChI=1S/C11H14N6O3/c1-5-2-6(4-18)20-11(5,19)7-3-14-9-8(12)15-10(13)16-17(7)9/h3-5,18-19H,2H2,1H3,(H4,12,13,15,16). The van der Waals surface area contributed by atoms with Crippen LogP contribution in [0.3, 0.4) is 0 Å². The lowest BCUT2D eigenvalue weighted by Crippen LogP contribution is -2.32. The molecule has 0 bridgehead atoms. The van der Waals surface area contributed by atoms with Crippen LogP contribution in [0.5, 0.6) is 0 Å². The van der Waals surface area contributed by atoms with Crippen LogP contribution < -0.4 is 11.5 Å². The molecule has 0 aliphatic carbocycles. The van der Waals surface area contributed by atoms with Crippen LogP contribution in [0.4, 0.5) is 11.8 Å². The van der Waals surface area contributed by atoms with Crippen LogP contribution >= 0.6 is 0 Å².